The minimum atomic E-state index is 0.669. The Morgan fingerprint density at radius 1 is 1.06 bits per heavy atom. The van der Waals surface area contributed by atoms with Gasteiger partial charge in [0.25, 0.3) is 0 Å². The summed E-state index contributed by atoms with van der Waals surface area (Å²) in [5, 5.41) is 7.87. The highest BCUT2D eigenvalue weighted by Crippen LogP contribution is 2.30. The normalized spacial score (nSPS) is 10.6. The number of aromatic nitrogens is 2. The van der Waals surface area contributed by atoms with Gasteiger partial charge in [-0.2, -0.15) is 0 Å². The highest BCUT2D eigenvalue weighted by molar-refractivity contribution is 5.77. The first-order valence-corrected chi connectivity index (χ1v) is 5.28. The smallest absolute Gasteiger partial charge is 0.172 e. The van der Waals surface area contributed by atoms with Gasteiger partial charge in [0, 0.05) is 11.6 Å². The van der Waals surface area contributed by atoms with Crippen molar-refractivity contribution in [2.45, 2.75) is 6.92 Å². The lowest BCUT2D eigenvalue weighted by Crippen LogP contribution is -1.80. The number of benzene rings is 1. The summed E-state index contributed by atoms with van der Waals surface area (Å²) >= 11 is 0. The van der Waals surface area contributed by atoms with Crippen molar-refractivity contribution in [1.82, 2.24) is 10.3 Å². The van der Waals surface area contributed by atoms with Crippen LogP contribution in [0.4, 0.5) is 0 Å². The van der Waals surface area contributed by atoms with Crippen molar-refractivity contribution in [3.8, 4) is 22.6 Å². The monoisotopic (exact) mass is 226 g/mol. The summed E-state index contributed by atoms with van der Waals surface area (Å²) < 4.78 is 10.2. The van der Waals surface area contributed by atoms with Crippen LogP contribution in [0.1, 0.15) is 5.69 Å². The molecule has 17 heavy (non-hydrogen) atoms. The van der Waals surface area contributed by atoms with E-state index >= 15 is 0 Å². The maximum absolute atomic E-state index is 5.22. The van der Waals surface area contributed by atoms with E-state index in [0.717, 1.165) is 22.5 Å². The molecule has 2 heterocycles. The molecule has 84 valence electrons. The first-order chi connectivity index (χ1) is 8.34. The maximum Gasteiger partial charge on any atom is 0.172 e. The molecular weight excluding hydrogens is 216 g/mol. The van der Waals surface area contributed by atoms with Gasteiger partial charge in [-0.3, -0.25) is 0 Å². The molecule has 0 unspecified atom stereocenters. The average molecular weight is 226 g/mol. The molecule has 2 aromatic heterocycles. The highest BCUT2D eigenvalue weighted by atomic mass is 16.5. The van der Waals surface area contributed by atoms with Crippen molar-refractivity contribution < 1.29 is 9.05 Å². The van der Waals surface area contributed by atoms with E-state index in [2.05, 4.69) is 10.3 Å². The number of nitrogens with zero attached hydrogens (tertiary/aromatic N) is 2. The van der Waals surface area contributed by atoms with Gasteiger partial charge in [-0.1, -0.05) is 40.6 Å². The van der Waals surface area contributed by atoms with Gasteiger partial charge < -0.3 is 9.05 Å². The van der Waals surface area contributed by atoms with E-state index in [-0.39, 0.29) is 0 Å². The fourth-order valence-corrected chi connectivity index (χ4v) is 1.71. The van der Waals surface area contributed by atoms with E-state index in [0.29, 0.717) is 5.76 Å². The molecule has 0 aliphatic carbocycles. The van der Waals surface area contributed by atoms with Crippen molar-refractivity contribution in [3.63, 3.8) is 0 Å². The van der Waals surface area contributed by atoms with Gasteiger partial charge in [0.05, 0.1) is 11.3 Å². The summed E-state index contributed by atoms with van der Waals surface area (Å²) in [6, 6.07) is 11.7. The van der Waals surface area contributed by atoms with E-state index in [1.165, 1.54) is 0 Å². The van der Waals surface area contributed by atoms with Crippen LogP contribution in [0, 0.1) is 6.92 Å². The Kier molecular flexibility index (Phi) is 2.26. The zero-order valence-electron chi connectivity index (χ0n) is 9.25. The summed E-state index contributed by atoms with van der Waals surface area (Å²) in [5.74, 6) is 0.669. The van der Waals surface area contributed by atoms with Gasteiger partial charge in [-0.25, -0.2) is 0 Å². The Bertz CT molecular complexity index is 626. The maximum atomic E-state index is 5.22. The second kappa shape index (κ2) is 3.90. The van der Waals surface area contributed by atoms with Crippen LogP contribution in [0.25, 0.3) is 22.6 Å². The second-order valence-corrected chi connectivity index (χ2v) is 3.78. The Morgan fingerprint density at radius 3 is 2.59 bits per heavy atom. The van der Waals surface area contributed by atoms with E-state index < -0.39 is 0 Å². The van der Waals surface area contributed by atoms with Crippen molar-refractivity contribution >= 4 is 0 Å². The molecule has 0 aliphatic rings. The molecule has 3 rings (SSSR count). The second-order valence-electron chi connectivity index (χ2n) is 3.78. The first kappa shape index (κ1) is 9.84. The number of hydrogen-bond donors (Lipinski definition) is 0. The lowest BCUT2D eigenvalue weighted by molar-refractivity contribution is 0.417. The average Bonchev–Trinajstić information content (AvgIpc) is 2.98. The van der Waals surface area contributed by atoms with Crippen LogP contribution in [-0.2, 0) is 0 Å². The molecule has 0 bridgehead atoms. The summed E-state index contributed by atoms with van der Waals surface area (Å²) in [5.41, 5.74) is 3.41. The van der Waals surface area contributed by atoms with Crippen LogP contribution in [0.5, 0.6) is 0 Å². The van der Waals surface area contributed by atoms with Crippen molar-refractivity contribution in [2.75, 3.05) is 0 Å². The Balaban J connectivity index is 2.12. The summed E-state index contributed by atoms with van der Waals surface area (Å²) in [6.45, 7) is 1.88. The molecule has 0 radical (unpaired) electrons. The van der Waals surface area contributed by atoms with Crippen LogP contribution in [-0.4, -0.2) is 10.3 Å². The molecule has 0 aliphatic heterocycles. The lowest BCUT2D eigenvalue weighted by Gasteiger charge is -1.96. The fourth-order valence-electron chi connectivity index (χ4n) is 1.71. The molecule has 0 spiro atoms. The number of aryl methyl sites for hydroxylation is 1. The molecular formula is C13H10N2O2. The SMILES string of the molecule is Cc1cc(-c2conc2-c2ccccc2)on1. The van der Waals surface area contributed by atoms with Gasteiger partial charge in [-0.15, -0.1) is 0 Å². The number of rotatable bonds is 2. The molecule has 0 saturated heterocycles. The Labute approximate surface area is 97.8 Å². The predicted molar refractivity (Wildman–Crippen MR) is 62.2 cm³/mol. The van der Waals surface area contributed by atoms with Crippen LogP contribution in [0.3, 0.4) is 0 Å². The zero-order chi connectivity index (χ0) is 11.7. The predicted octanol–water partition coefficient (Wildman–Crippen LogP) is 3.31. The standard InChI is InChI=1S/C13H10N2O2/c1-9-7-12(17-14-9)11-8-16-15-13(11)10-5-3-2-4-6-10/h2-8H,1H3. The third-order valence-corrected chi connectivity index (χ3v) is 2.51. The van der Waals surface area contributed by atoms with Gasteiger partial charge in [0.15, 0.2) is 5.76 Å². The zero-order valence-corrected chi connectivity index (χ0v) is 9.25. The molecule has 4 nitrogen and oxygen atoms in total. The molecule has 0 amide bonds. The Hall–Kier alpha value is -2.36. The van der Waals surface area contributed by atoms with Crippen molar-refractivity contribution in [3.05, 3.63) is 48.4 Å². The third kappa shape index (κ3) is 1.73. The first-order valence-electron chi connectivity index (χ1n) is 5.28. The molecule has 3 aromatic rings. The van der Waals surface area contributed by atoms with E-state index in [4.69, 9.17) is 9.05 Å². The minimum absolute atomic E-state index is 0.669. The summed E-state index contributed by atoms with van der Waals surface area (Å²) in [4.78, 5) is 0. The van der Waals surface area contributed by atoms with Crippen LogP contribution < -0.4 is 0 Å². The highest BCUT2D eigenvalue weighted by Gasteiger charge is 2.15. The van der Waals surface area contributed by atoms with Crippen LogP contribution >= 0.6 is 0 Å². The van der Waals surface area contributed by atoms with Crippen LogP contribution in [0.15, 0.2) is 51.7 Å². The van der Waals surface area contributed by atoms with E-state index in [1.54, 1.807) is 6.26 Å². The summed E-state index contributed by atoms with van der Waals surface area (Å²) in [7, 11) is 0. The quantitative estimate of drug-likeness (QED) is 0.672. The molecule has 1 aromatic carbocycles. The van der Waals surface area contributed by atoms with Crippen molar-refractivity contribution in [2.24, 2.45) is 0 Å². The largest absolute Gasteiger partial charge is 0.363 e. The fraction of sp³-hybridized carbons (Fsp3) is 0.0769. The lowest BCUT2D eigenvalue weighted by atomic mass is 10.1. The molecule has 4 heteroatoms. The number of hydrogen-bond acceptors (Lipinski definition) is 4. The topological polar surface area (TPSA) is 52.1 Å². The molecule has 0 atom stereocenters. The van der Waals surface area contributed by atoms with Crippen molar-refractivity contribution in [1.29, 1.82) is 0 Å². The Morgan fingerprint density at radius 2 is 1.88 bits per heavy atom. The molecule has 0 N–H and O–H groups in total. The third-order valence-electron chi connectivity index (χ3n) is 2.51. The van der Waals surface area contributed by atoms with Gasteiger partial charge >= 0.3 is 0 Å². The molecule has 0 fully saturated rings. The molecule has 0 saturated carbocycles. The van der Waals surface area contributed by atoms with E-state index in [9.17, 15) is 0 Å². The van der Waals surface area contributed by atoms with Crippen LogP contribution in [0.2, 0.25) is 0 Å². The van der Waals surface area contributed by atoms with E-state index in [1.807, 2.05) is 43.3 Å². The van der Waals surface area contributed by atoms with Gasteiger partial charge in [0.2, 0.25) is 0 Å². The summed E-state index contributed by atoms with van der Waals surface area (Å²) in [6.07, 6.45) is 1.57. The van der Waals surface area contributed by atoms with Gasteiger partial charge in [0.1, 0.15) is 12.0 Å². The van der Waals surface area contributed by atoms with Gasteiger partial charge in [-0.05, 0) is 6.92 Å². The minimum Gasteiger partial charge on any atom is -0.363 e.